The Balaban J connectivity index is 1.30. The molecule has 3 nitrogen and oxygen atoms in total. The zero-order valence-electron chi connectivity index (χ0n) is 18.3. The number of hydrogen-bond donors (Lipinski definition) is 0. The molecule has 0 N–H and O–H groups in total. The molecular formula is C25H35FO3S. The fourth-order valence-electron chi connectivity index (χ4n) is 8.14. The van der Waals surface area contributed by atoms with E-state index in [0.717, 1.165) is 37.0 Å². The lowest BCUT2D eigenvalue weighted by atomic mass is 9.45. The zero-order chi connectivity index (χ0) is 21.1. The lowest BCUT2D eigenvalue weighted by Crippen LogP contribution is -2.53. The molecule has 0 spiro atoms. The first-order valence-electron chi connectivity index (χ1n) is 11.9. The fraction of sp³-hybridized carbons (Fsp3) is 0.760. The monoisotopic (exact) mass is 434 g/mol. The van der Waals surface area contributed by atoms with Crippen molar-refractivity contribution in [2.45, 2.75) is 89.1 Å². The highest BCUT2D eigenvalue weighted by molar-refractivity contribution is 7.86. The van der Waals surface area contributed by atoms with Crippen LogP contribution < -0.4 is 0 Å². The minimum atomic E-state index is -3.84. The second kappa shape index (κ2) is 7.30. The number of fused-ring (bicyclic) bond motifs is 5. The third-order valence-electron chi connectivity index (χ3n) is 9.76. The van der Waals surface area contributed by atoms with Gasteiger partial charge < -0.3 is 0 Å². The number of halogens is 1. The third-order valence-corrected chi connectivity index (χ3v) is 11.1. The van der Waals surface area contributed by atoms with Crippen molar-refractivity contribution >= 4 is 10.1 Å². The van der Waals surface area contributed by atoms with Gasteiger partial charge in [-0.3, -0.25) is 4.18 Å². The normalized spacial score (nSPS) is 43.5. The molecule has 4 aliphatic carbocycles. The van der Waals surface area contributed by atoms with Crippen LogP contribution in [-0.2, 0) is 14.3 Å². The molecule has 30 heavy (non-hydrogen) atoms. The molecule has 0 amide bonds. The standard InChI is InChI=1S/C25H35FO3S/c1-24-13-3-4-22(24)21-10-5-17-16-19(11-15-25(17,2)23(21)12-14-24)29-30(27,28)20-8-6-18(26)7-9-20/h6-9,17,19,21-23H,3-5,10-16H2,1-2H3/t17-,19+,21-,22+,23+,24+,25-/m0/s1. The Morgan fingerprint density at radius 2 is 1.70 bits per heavy atom. The summed E-state index contributed by atoms with van der Waals surface area (Å²) in [6.45, 7) is 5.04. The molecule has 0 unspecified atom stereocenters. The van der Waals surface area contributed by atoms with Gasteiger partial charge in [-0.25, -0.2) is 4.39 Å². The molecular weight excluding hydrogens is 399 g/mol. The van der Waals surface area contributed by atoms with E-state index in [-0.39, 0.29) is 11.0 Å². The molecule has 4 fully saturated rings. The van der Waals surface area contributed by atoms with E-state index in [1.807, 2.05) is 0 Å². The van der Waals surface area contributed by atoms with Crippen LogP contribution in [0.5, 0.6) is 0 Å². The highest BCUT2D eigenvalue weighted by atomic mass is 32.2. The predicted octanol–water partition coefficient (Wildman–Crippen LogP) is 6.33. The van der Waals surface area contributed by atoms with E-state index in [9.17, 15) is 12.8 Å². The van der Waals surface area contributed by atoms with Crippen LogP contribution in [0.4, 0.5) is 4.39 Å². The van der Waals surface area contributed by atoms with Crippen LogP contribution in [0.2, 0.25) is 0 Å². The Morgan fingerprint density at radius 1 is 0.933 bits per heavy atom. The van der Waals surface area contributed by atoms with Crippen LogP contribution >= 0.6 is 0 Å². The third kappa shape index (κ3) is 3.35. The highest BCUT2D eigenvalue weighted by Gasteiger charge is 2.58. The first kappa shape index (κ1) is 20.9. The summed E-state index contributed by atoms with van der Waals surface area (Å²) in [6.07, 6.45) is 11.9. The van der Waals surface area contributed by atoms with Crippen LogP contribution in [-0.4, -0.2) is 14.5 Å². The average Bonchev–Trinajstić information content (AvgIpc) is 3.10. The van der Waals surface area contributed by atoms with Gasteiger partial charge in [-0.15, -0.1) is 0 Å². The van der Waals surface area contributed by atoms with Crippen molar-refractivity contribution in [3.8, 4) is 0 Å². The van der Waals surface area contributed by atoms with Gasteiger partial charge in [-0.2, -0.15) is 8.42 Å². The van der Waals surface area contributed by atoms with Crippen molar-refractivity contribution in [3.63, 3.8) is 0 Å². The summed E-state index contributed by atoms with van der Waals surface area (Å²) in [5.41, 5.74) is 0.903. The first-order valence-corrected chi connectivity index (χ1v) is 13.3. The minimum absolute atomic E-state index is 0.0498. The zero-order valence-corrected chi connectivity index (χ0v) is 19.1. The predicted molar refractivity (Wildman–Crippen MR) is 115 cm³/mol. The Bertz CT molecular complexity index is 897. The maximum Gasteiger partial charge on any atom is 0.297 e. The van der Waals surface area contributed by atoms with Gasteiger partial charge in [-0.1, -0.05) is 20.3 Å². The molecule has 0 bridgehead atoms. The number of benzene rings is 1. The van der Waals surface area contributed by atoms with E-state index < -0.39 is 15.9 Å². The van der Waals surface area contributed by atoms with Crippen molar-refractivity contribution in [1.29, 1.82) is 0 Å². The summed E-state index contributed by atoms with van der Waals surface area (Å²) in [5.74, 6) is 2.67. The molecule has 0 saturated heterocycles. The van der Waals surface area contributed by atoms with Gasteiger partial charge in [0.2, 0.25) is 0 Å². The lowest BCUT2D eigenvalue weighted by Gasteiger charge is -2.60. The van der Waals surface area contributed by atoms with E-state index in [0.29, 0.717) is 16.7 Å². The summed E-state index contributed by atoms with van der Waals surface area (Å²) in [5, 5.41) is 0. The van der Waals surface area contributed by atoms with Crippen molar-refractivity contribution < 1.29 is 17.0 Å². The van der Waals surface area contributed by atoms with Gasteiger partial charge in [0.15, 0.2) is 0 Å². The van der Waals surface area contributed by atoms with Crippen molar-refractivity contribution in [3.05, 3.63) is 30.1 Å². The van der Waals surface area contributed by atoms with Gasteiger partial charge in [-0.05, 0) is 117 Å². The number of hydrogen-bond acceptors (Lipinski definition) is 3. The molecule has 5 heteroatoms. The molecule has 1 aromatic rings. The fourth-order valence-corrected chi connectivity index (χ4v) is 9.25. The molecule has 4 saturated carbocycles. The van der Waals surface area contributed by atoms with E-state index in [2.05, 4.69) is 13.8 Å². The maximum absolute atomic E-state index is 13.2. The molecule has 166 valence electrons. The average molecular weight is 435 g/mol. The van der Waals surface area contributed by atoms with Gasteiger partial charge in [0.25, 0.3) is 10.1 Å². The second-order valence-electron chi connectivity index (χ2n) is 11.1. The van der Waals surface area contributed by atoms with Crippen LogP contribution in [0, 0.1) is 40.3 Å². The summed E-state index contributed by atoms with van der Waals surface area (Å²) in [6, 6.07) is 4.94. The van der Waals surface area contributed by atoms with Crippen molar-refractivity contribution in [2.24, 2.45) is 34.5 Å². The Labute approximate surface area is 180 Å². The molecule has 5 rings (SSSR count). The maximum atomic E-state index is 13.2. The van der Waals surface area contributed by atoms with Crippen LogP contribution in [0.3, 0.4) is 0 Å². The Morgan fingerprint density at radius 3 is 2.47 bits per heavy atom. The molecule has 7 atom stereocenters. The van der Waals surface area contributed by atoms with Crippen LogP contribution in [0.1, 0.15) is 78.1 Å². The quantitative estimate of drug-likeness (QED) is 0.522. The van der Waals surface area contributed by atoms with Gasteiger partial charge in [0.1, 0.15) is 5.82 Å². The van der Waals surface area contributed by atoms with Crippen LogP contribution in [0.15, 0.2) is 29.2 Å². The molecule has 0 aromatic heterocycles. The van der Waals surface area contributed by atoms with E-state index in [1.165, 1.54) is 69.2 Å². The lowest BCUT2D eigenvalue weighted by molar-refractivity contribution is -0.117. The van der Waals surface area contributed by atoms with Gasteiger partial charge in [0, 0.05) is 0 Å². The Kier molecular flexibility index (Phi) is 5.09. The first-order chi connectivity index (χ1) is 14.2. The summed E-state index contributed by atoms with van der Waals surface area (Å²) in [4.78, 5) is 0.0498. The molecule has 0 aliphatic heterocycles. The Hall–Kier alpha value is -0.940. The summed E-state index contributed by atoms with van der Waals surface area (Å²) >= 11 is 0. The topological polar surface area (TPSA) is 43.4 Å². The second-order valence-corrected chi connectivity index (χ2v) is 12.7. The van der Waals surface area contributed by atoms with E-state index in [1.54, 1.807) is 0 Å². The van der Waals surface area contributed by atoms with Gasteiger partial charge in [0.05, 0.1) is 11.0 Å². The highest BCUT2D eigenvalue weighted by Crippen LogP contribution is 2.66. The summed E-state index contributed by atoms with van der Waals surface area (Å²) < 4.78 is 44.2. The minimum Gasteiger partial charge on any atom is -0.263 e. The van der Waals surface area contributed by atoms with Gasteiger partial charge >= 0.3 is 0 Å². The van der Waals surface area contributed by atoms with E-state index >= 15 is 0 Å². The molecule has 0 radical (unpaired) electrons. The SMILES string of the molecule is C[C@]12CCC[C@@H]1[C@@H]1CC[C@H]3C[C@H](OS(=O)(=O)c4ccc(F)cc4)CC[C@]3(C)[C@@H]1CC2. The smallest absolute Gasteiger partial charge is 0.263 e. The largest absolute Gasteiger partial charge is 0.297 e. The number of rotatable bonds is 3. The molecule has 4 aliphatic rings. The van der Waals surface area contributed by atoms with Crippen molar-refractivity contribution in [2.75, 3.05) is 0 Å². The molecule has 1 aromatic carbocycles. The van der Waals surface area contributed by atoms with E-state index in [4.69, 9.17) is 4.18 Å². The van der Waals surface area contributed by atoms with Crippen LogP contribution in [0.25, 0.3) is 0 Å². The van der Waals surface area contributed by atoms with Crippen molar-refractivity contribution in [1.82, 2.24) is 0 Å². The molecule has 0 heterocycles. The summed E-state index contributed by atoms with van der Waals surface area (Å²) in [7, 11) is -3.84.